The first-order valence-electron chi connectivity index (χ1n) is 12.0. The second kappa shape index (κ2) is 11.2. The Kier molecular flexibility index (Phi) is 7.82. The van der Waals surface area contributed by atoms with Crippen LogP contribution in [0, 0.1) is 0 Å². The van der Waals surface area contributed by atoms with Crippen LogP contribution in [0.1, 0.15) is 50.3 Å². The quantitative estimate of drug-likeness (QED) is 0.403. The van der Waals surface area contributed by atoms with Gasteiger partial charge in [-0.2, -0.15) is 4.98 Å². The zero-order valence-electron chi connectivity index (χ0n) is 20.7. The Bertz CT molecular complexity index is 1170. The highest BCUT2D eigenvalue weighted by Crippen LogP contribution is 2.37. The summed E-state index contributed by atoms with van der Waals surface area (Å²) in [5.74, 6) is 1.65. The van der Waals surface area contributed by atoms with Crippen molar-refractivity contribution >= 4 is 11.6 Å². The lowest BCUT2D eigenvalue weighted by atomic mass is 9.93. The Morgan fingerprint density at radius 3 is 2.49 bits per heavy atom. The lowest BCUT2D eigenvalue weighted by Gasteiger charge is -2.35. The molecule has 8 nitrogen and oxygen atoms in total. The molecule has 1 atom stereocenters. The van der Waals surface area contributed by atoms with Crippen LogP contribution in [-0.4, -0.2) is 47.9 Å². The van der Waals surface area contributed by atoms with Gasteiger partial charge >= 0.3 is 6.03 Å². The van der Waals surface area contributed by atoms with E-state index in [4.69, 9.17) is 19.0 Å². The number of nitrogens with one attached hydrogen (secondary N) is 1. The minimum Gasteiger partial charge on any atom is -0.494 e. The highest BCUT2D eigenvalue weighted by molar-refractivity contribution is 5.86. The molecule has 1 aliphatic heterocycles. The van der Waals surface area contributed by atoms with Crippen LogP contribution >= 0.6 is 0 Å². The number of nitrogens with zero attached hydrogens (tertiary/aromatic N) is 3. The first-order chi connectivity index (χ1) is 17.0. The lowest BCUT2D eigenvalue weighted by molar-refractivity contribution is 0.174. The topological polar surface area (TPSA) is 89.7 Å². The Hall–Kier alpha value is -3.65. The third-order valence-corrected chi connectivity index (χ3v) is 6.13. The van der Waals surface area contributed by atoms with Gasteiger partial charge in [-0.1, -0.05) is 36.3 Å². The second-order valence-electron chi connectivity index (χ2n) is 8.36. The standard InChI is InChI=1S/C27H32N4O4/c1-5-19-8-10-20(11-9-19)24-23(18(3)31(27(32)28-24)16-7-17-33-4)26-29-25(30-35-26)21-12-14-22(15-13-21)34-6-2/h8-15,24H,5-7,16-17H2,1-4H3,(H,28,32). The van der Waals surface area contributed by atoms with Crippen molar-refractivity contribution in [1.82, 2.24) is 20.4 Å². The summed E-state index contributed by atoms with van der Waals surface area (Å²) < 4.78 is 16.5. The number of methoxy groups -OCH3 is 1. The number of aryl methyl sites for hydroxylation is 1. The van der Waals surface area contributed by atoms with Crippen molar-refractivity contribution in [3.8, 4) is 17.1 Å². The monoisotopic (exact) mass is 476 g/mol. The average Bonchev–Trinajstić information content (AvgIpc) is 3.36. The highest BCUT2D eigenvalue weighted by atomic mass is 16.5. The van der Waals surface area contributed by atoms with E-state index in [-0.39, 0.29) is 6.03 Å². The average molecular weight is 477 g/mol. The second-order valence-corrected chi connectivity index (χ2v) is 8.36. The molecule has 0 aliphatic carbocycles. The molecule has 0 radical (unpaired) electrons. The Morgan fingerprint density at radius 2 is 1.83 bits per heavy atom. The Labute approximate surface area is 205 Å². The van der Waals surface area contributed by atoms with Crippen LogP contribution in [0.4, 0.5) is 4.79 Å². The number of aromatic nitrogens is 2. The molecule has 1 unspecified atom stereocenters. The molecule has 0 saturated carbocycles. The summed E-state index contributed by atoms with van der Waals surface area (Å²) in [7, 11) is 1.65. The number of rotatable bonds is 10. The fourth-order valence-corrected chi connectivity index (χ4v) is 4.21. The van der Waals surface area contributed by atoms with Gasteiger partial charge in [0, 0.05) is 31.5 Å². The van der Waals surface area contributed by atoms with Gasteiger partial charge < -0.3 is 19.3 Å². The van der Waals surface area contributed by atoms with Gasteiger partial charge in [-0.3, -0.25) is 4.90 Å². The van der Waals surface area contributed by atoms with Gasteiger partial charge in [-0.05, 0) is 62.1 Å². The van der Waals surface area contributed by atoms with Crippen molar-refractivity contribution in [2.45, 2.75) is 39.7 Å². The van der Waals surface area contributed by atoms with E-state index in [0.29, 0.717) is 37.9 Å². The van der Waals surface area contributed by atoms with E-state index in [9.17, 15) is 4.79 Å². The Balaban J connectivity index is 1.72. The molecule has 1 aliphatic rings. The van der Waals surface area contributed by atoms with E-state index in [1.165, 1.54) is 5.56 Å². The van der Waals surface area contributed by atoms with Crippen molar-refractivity contribution in [2.24, 2.45) is 0 Å². The molecular weight excluding hydrogens is 444 g/mol. The predicted octanol–water partition coefficient (Wildman–Crippen LogP) is 5.23. The molecule has 184 valence electrons. The molecule has 1 N–H and O–H groups in total. The minimum absolute atomic E-state index is 0.154. The van der Waals surface area contributed by atoms with Crippen LogP contribution in [-0.2, 0) is 11.2 Å². The van der Waals surface area contributed by atoms with Gasteiger partial charge in [0.1, 0.15) is 5.75 Å². The molecule has 2 aromatic carbocycles. The molecule has 3 aromatic rings. The van der Waals surface area contributed by atoms with Gasteiger partial charge in [0.25, 0.3) is 5.89 Å². The Morgan fingerprint density at radius 1 is 1.09 bits per heavy atom. The zero-order valence-corrected chi connectivity index (χ0v) is 20.7. The van der Waals surface area contributed by atoms with Crippen molar-refractivity contribution in [3.05, 3.63) is 71.2 Å². The highest BCUT2D eigenvalue weighted by Gasteiger charge is 2.35. The number of hydrogen-bond donors (Lipinski definition) is 1. The van der Waals surface area contributed by atoms with Crippen LogP contribution in [0.3, 0.4) is 0 Å². The van der Waals surface area contributed by atoms with Gasteiger partial charge in [0.15, 0.2) is 0 Å². The first kappa shape index (κ1) is 24.5. The first-order valence-corrected chi connectivity index (χ1v) is 12.0. The molecule has 2 heterocycles. The third-order valence-electron chi connectivity index (χ3n) is 6.13. The molecule has 0 spiro atoms. The number of urea groups is 1. The molecule has 35 heavy (non-hydrogen) atoms. The van der Waals surface area contributed by atoms with Gasteiger partial charge in [0.2, 0.25) is 5.82 Å². The molecule has 0 bridgehead atoms. The van der Waals surface area contributed by atoms with E-state index >= 15 is 0 Å². The summed E-state index contributed by atoms with van der Waals surface area (Å²) >= 11 is 0. The molecule has 1 aromatic heterocycles. The number of amides is 2. The minimum atomic E-state index is -0.402. The molecule has 4 rings (SSSR count). The maximum atomic E-state index is 13.1. The lowest BCUT2D eigenvalue weighted by Crippen LogP contribution is -2.46. The molecule has 8 heteroatoms. The summed E-state index contributed by atoms with van der Waals surface area (Å²) in [5.41, 5.74) is 4.59. The molecule has 0 fully saturated rings. The number of carbonyl (C=O) groups is 1. The van der Waals surface area contributed by atoms with E-state index in [1.54, 1.807) is 12.0 Å². The molecule has 0 saturated heterocycles. The van der Waals surface area contributed by atoms with Crippen LogP contribution in [0.15, 0.2) is 58.8 Å². The van der Waals surface area contributed by atoms with Crippen molar-refractivity contribution in [3.63, 3.8) is 0 Å². The predicted molar refractivity (Wildman–Crippen MR) is 134 cm³/mol. The van der Waals surface area contributed by atoms with Crippen LogP contribution in [0.25, 0.3) is 17.0 Å². The maximum absolute atomic E-state index is 13.1. The number of hydrogen-bond acceptors (Lipinski definition) is 6. The van der Waals surface area contributed by atoms with Crippen molar-refractivity contribution in [1.29, 1.82) is 0 Å². The summed E-state index contributed by atoms with van der Waals surface area (Å²) in [6.45, 7) is 7.68. The van der Waals surface area contributed by atoms with Crippen LogP contribution < -0.4 is 10.1 Å². The summed E-state index contributed by atoms with van der Waals surface area (Å²) in [4.78, 5) is 19.5. The van der Waals surface area contributed by atoms with Crippen molar-refractivity contribution < 1.29 is 18.8 Å². The van der Waals surface area contributed by atoms with Gasteiger partial charge in [-0.15, -0.1) is 0 Å². The SMILES string of the molecule is CCOc1ccc(-c2noc(C3=C(C)N(CCCOC)C(=O)NC3c3ccc(CC)cc3)n2)cc1. The largest absolute Gasteiger partial charge is 0.494 e. The number of carbonyl (C=O) groups excluding carboxylic acids is 1. The van der Waals surface area contributed by atoms with E-state index in [0.717, 1.165) is 34.6 Å². The number of allylic oxidation sites excluding steroid dienone is 1. The number of ether oxygens (including phenoxy) is 2. The number of benzene rings is 2. The van der Waals surface area contributed by atoms with Crippen molar-refractivity contribution in [2.75, 3.05) is 26.9 Å². The molecular formula is C27H32N4O4. The fourth-order valence-electron chi connectivity index (χ4n) is 4.21. The maximum Gasteiger partial charge on any atom is 0.322 e. The summed E-state index contributed by atoms with van der Waals surface area (Å²) in [5, 5.41) is 7.38. The zero-order chi connectivity index (χ0) is 24.8. The third kappa shape index (κ3) is 5.38. The van der Waals surface area contributed by atoms with Gasteiger partial charge in [-0.25, -0.2) is 4.79 Å². The smallest absolute Gasteiger partial charge is 0.322 e. The van der Waals surface area contributed by atoms with Gasteiger partial charge in [0.05, 0.1) is 18.2 Å². The summed E-state index contributed by atoms with van der Waals surface area (Å²) in [6, 6.07) is 15.3. The van der Waals surface area contributed by atoms with E-state index in [1.807, 2.05) is 50.2 Å². The normalized spacial score (nSPS) is 15.9. The van der Waals surface area contributed by atoms with Crippen LogP contribution in [0.5, 0.6) is 5.75 Å². The molecule has 2 amide bonds. The van der Waals surface area contributed by atoms with Crippen LogP contribution in [0.2, 0.25) is 0 Å². The fraction of sp³-hybridized carbons (Fsp3) is 0.370. The van der Waals surface area contributed by atoms with E-state index in [2.05, 4.69) is 29.5 Å². The summed E-state index contributed by atoms with van der Waals surface area (Å²) in [6.07, 6.45) is 1.66. The van der Waals surface area contributed by atoms with E-state index < -0.39 is 6.04 Å².